The maximum Gasteiger partial charge on any atom is 0.254 e. The number of amides is 1. The lowest BCUT2D eigenvalue weighted by atomic mass is 10.2. The van der Waals surface area contributed by atoms with Crippen molar-refractivity contribution < 1.29 is 4.79 Å². The zero-order valence-corrected chi connectivity index (χ0v) is 9.35. The van der Waals surface area contributed by atoms with Gasteiger partial charge in [-0.05, 0) is 25.0 Å². The summed E-state index contributed by atoms with van der Waals surface area (Å²) in [4.78, 5) is 18.0. The van der Waals surface area contributed by atoms with Crippen LogP contribution < -0.4 is 5.73 Å². The third-order valence-electron chi connectivity index (χ3n) is 2.92. The third-order valence-corrected chi connectivity index (χ3v) is 2.92. The monoisotopic (exact) mass is 219 g/mol. The molecule has 1 amide bonds. The van der Waals surface area contributed by atoms with Crippen molar-refractivity contribution in [3.05, 3.63) is 23.9 Å². The van der Waals surface area contributed by atoms with E-state index in [-0.39, 0.29) is 5.91 Å². The van der Waals surface area contributed by atoms with Crippen LogP contribution in [0.5, 0.6) is 0 Å². The van der Waals surface area contributed by atoms with Crippen molar-refractivity contribution in [2.24, 2.45) is 0 Å². The van der Waals surface area contributed by atoms with Gasteiger partial charge in [-0.1, -0.05) is 12.8 Å². The van der Waals surface area contributed by atoms with E-state index in [1.165, 1.54) is 12.8 Å². The minimum Gasteiger partial charge on any atom is -0.384 e. The zero-order chi connectivity index (χ0) is 11.4. The quantitative estimate of drug-likeness (QED) is 0.781. The lowest BCUT2D eigenvalue weighted by Crippen LogP contribution is -2.31. The van der Waals surface area contributed by atoms with Crippen LogP contribution >= 0.6 is 0 Å². The molecule has 1 aromatic heterocycles. The van der Waals surface area contributed by atoms with E-state index in [2.05, 4.69) is 4.98 Å². The fourth-order valence-corrected chi connectivity index (χ4v) is 2.04. The van der Waals surface area contributed by atoms with E-state index >= 15 is 0 Å². The summed E-state index contributed by atoms with van der Waals surface area (Å²) in [6.07, 6.45) is 6.24. The number of nitrogen functional groups attached to an aromatic ring is 1. The van der Waals surface area contributed by atoms with Crippen molar-refractivity contribution in [3.8, 4) is 0 Å². The molecule has 0 saturated carbocycles. The van der Waals surface area contributed by atoms with Crippen molar-refractivity contribution in [2.75, 3.05) is 18.8 Å². The van der Waals surface area contributed by atoms with Crippen LogP contribution in [0.3, 0.4) is 0 Å². The van der Waals surface area contributed by atoms with Gasteiger partial charge in [-0.2, -0.15) is 0 Å². The standard InChI is InChI=1S/C12H17N3O/c13-11-9-10(5-6-14-11)12(16)15-7-3-1-2-4-8-15/h5-6,9H,1-4,7-8H2,(H2,13,14). The highest BCUT2D eigenvalue weighted by atomic mass is 16.2. The number of pyridine rings is 1. The molecule has 2 heterocycles. The summed E-state index contributed by atoms with van der Waals surface area (Å²) >= 11 is 0. The van der Waals surface area contributed by atoms with E-state index in [0.29, 0.717) is 11.4 Å². The number of nitrogens with two attached hydrogens (primary N) is 1. The summed E-state index contributed by atoms with van der Waals surface area (Å²) in [5.41, 5.74) is 6.22. The molecule has 0 aromatic carbocycles. The summed E-state index contributed by atoms with van der Waals surface area (Å²) in [5, 5.41) is 0. The number of anilines is 1. The molecule has 86 valence electrons. The first kappa shape index (κ1) is 10.9. The van der Waals surface area contributed by atoms with Gasteiger partial charge in [0.2, 0.25) is 0 Å². The van der Waals surface area contributed by atoms with Gasteiger partial charge in [0.15, 0.2) is 0 Å². The van der Waals surface area contributed by atoms with Crippen LogP contribution in [0.4, 0.5) is 5.82 Å². The van der Waals surface area contributed by atoms with Gasteiger partial charge in [-0.25, -0.2) is 4.98 Å². The fraction of sp³-hybridized carbons (Fsp3) is 0.500. The Morgan fingerprint density at radius 2 is 1.94 bits per heavy atom. The van der Waals surface area contributed by atoms with Crippen LogP contribution in [0.2, 0.25) is 0 Å². The second-order valence-corrected chi connectivity index (χ2v) is 4.18. The lowest BCUT2D eigenvalue weighted by Gasteiger charge is -2.20. The van der Waals surface area contributed by atoms with E-state index in [1.807, 2.05) is 4.90 Å². The minimum absolute atomic E-state index is 0.0796. The average Bonchev–Trinajstić information content (AvgIpc) is 2.56. The number of carbonyl (C=O) groups is 1. The molecular formula is C12H17N3O. The molecule has 0 radical (unpaired) electrons. The van der Waals surface area contributed by atoms with Crippen LogP contribution in [0.25, 0.3) is 0 Å². The van der Waals surface area contributed by atoms with Crippen molar-refractivity contribution >= 4 is 11.7 Å². The summed E-state index contributed by atoms with van der Waals surface area (Å²) in [6.45, 7) is 1.72. The molecular weight excluding hydrogens is 202 g/mol. The first-order chi connectivity index (χ1) is 7.77. The smallest absolute Gasteiger partial charge is 0.254 e. The zero-order valence-electron chi connectivity index (χ0n) is 9.35. The van der Waals surface area contributed by atoms with Gasteiger partial charge in [0.1, 0.15) is 5.82 Å². The molecule has 0 spiro atoms. The predicted molar refractivity (Wildman–Crippen MR) is 63.0 cm³/mol. The van der Waals surface area contributed by atoms with E-state index in [0.717, 1.165) is 25.9 Å². The van der Waals surface area contributed by atoms with Crippen LogP contribution in [-0.4, -0.2) is 28.9 Å². The largest absolute Gasteiger partial charge is 0.384 e. The predicted octanol–water partition coefficient (Wildman–Crippen LogP) is 1.68. The minimum atomic E-state index is 0.0796. The van der Waals surface area contributed by atoms with E-state index < -0.39 is 0 Å². The topological polar surface area (TPSA) is 59.2 Å². The number of aromatic nitrogens is 1. The number of hydrogen-bond acceptors (Lipinski definition) is 3. The van der Waals surface area contributed by atoms with Crippen molar-refractivity contribution in [2.45, 2.75) is 25.7 Å². The molecule has 4 heteroatoms. The van der Waals surface area contributed by atoms with Crippen molar-refractivity contribution in [1.29, 1.82) is 0 Å². The van der Waals surface area contributed by atoms with Gasteiger partial charge < -0.3 is 10.6 Å². The molecule has 4 nitrogen and oxygen atoms in total. The molecule has 0 unspecified atom stereocenters. The lowest BCUT2D eigenvalue weighted by molar-refractivity contribution is 0.0761. The van der Waals surface area contributed by atoms with Crippen LogP contribution in [0, 0.1) is 0 Å². The van der Waals surface area contributed by atoms with Gasteiger partial charge in [-0.3, -0.25) is 4.79 Å². The molecule has 1 aromatic rings. The molecule has 16 heavy (non-hydrogen) atoms. The maximum absolute atomic E-state index is 12.1. The Balaban J connectivity index is 2.11. The van der Waals surface area contributed by atoms with Gasteiger partial charge >= 0.3 is 0 Å². The molecule has 0 atom stereocenters. The van der Waals surface area contributed by atoms with Gasteiger partial charge in [-0.15, -0.1) is 0 Å². The molecule has 0 bridgehead atoms. The third kappa shape index (κ3) is 2.51. The highest BCUT2D eigenvalue weighted by Crippen LogP contribution is 2.13. The summed E-state index contributed by atoms with van der Waals surface area (Å²) in [6, 6.07) is 3.37. The van der Waals surface area contributed by atoms with E-state index in [4.69, 9.17) is 5.73 Å². The molecule has 2 rings (SSSR count). The first-order valence-electron chi connectivity index (χ1n) is 5.78. The molecule has 0 aliphatic carbocycles. The first-order valence-corrected chi connectivity index (χ1v) is 5.78. The molecule has 1 aliphatic rings. The van der Waals surface area contributed by atoms with Crippen LogP contribution in [0.15, 0.2) is 18.3 Å². The number of likely N-dealkylation sites (tertiary alicyclic amines) is 1. The highest BCUT2D eigenvalue weighted by molar-refractivity contribution is 5.94. The SMILES string of the molecule is Nc1cc(C(=O)N2CCCCCC2)ccn1. The van der Waals surface area contributed by atoms with E-state index in [1.54, 1.807) is 18.3 Å². The summed E-state index contributed by atoms with van der Waals surface area (Å²) in [7, 11) is 0. The van der Waals surface area contributed by atoms with E-state index in [9.17, 15) is 4.79 Å². The van der Waals surface area contributed by atoms with Gasteiger partial charge in [0.25, 0.3) is 5.91 Å². The van der Waals surface area contributed by atoms with Crippen LogP contribution in [0.1, 0.15) is 36.0 Å². The highest BCUT2D eigenvalue weighted by Gasteiger charge is 2.17. The van der Waals surface area contributed by atoms with Gasteiger partial charge in [0.05, 0.1) is 0 Å². The average molecular weight is 219 g/mol. The Morgan fingerprint density at radius 1 is 1.25 bits per heavy atom. The fourth-order valence-electron chi connectivity index (χ4n) is 2.04. The van der Waals surface area contributed by atoms with Crippen molar-refractivity contribution in [3.63, 3.8) is 0 Å². The van der Waals surface area contributed by atoms with Crippen molar-refractivity contribution in [1.82, 2.24) is 9.88 Å². The summed E-state index contributed by atoms with van der Waals surface area (Å²) < 4.78 is 0. The Labute approximate surface area is 95.5 Å². The number of rotatable bonds is 1. The Hall–Kier alpha value is -1.58. The Kier molecular flexibility index (Phi) is 3.39. The molecule has 1 fully saturated rings. The Bertz CT molecular complexity index is 370. The molecule has 2 N–H and O–H groups in total. The molecule has 1 saturated heterocycles. The second kappa shape index (κ2) is 4.96. The number of hydrogen-bond donors (Lipinski definition) is 1. The van der Waals surface area contributed by atoms with Crippen LogP contribution in [-0.2, 0) is 0 Å². The summed E-state index contributed by atoms with van der Waals surface area (Å²) in [5.74, 6) is 0.483. The Morgan fingerprint density at radius 3 is 2.56 bits per heavy atom. The number of carbonyl (C=O) groups excluding carboxylic acids is 1. The number of nitrogens with zero attached hydrogens (tertiary/aromatic N) is 2. The molecule has 1 aliphatic heterocycles. The van der Waals surface area contributed by atoms with Gasteiger partial charge in [0, 0.05) is 24.8 Å². The maximum atomic E-state index is 12.1. The normalized spacial score (nSPS) is 16.9. The second-order valence-electron chi connectivity index (χ2n) is 4.18.